The number of aromatic nitrogens is 1. The second-order valence-electron chi connectivity index (χ2n) is 8.35. The largest absolute Gasteiger partial charge is 0.396 e. The summed E-state index contributed by atoms with van der Waals surface area (Å²) in [6, 6.07) is 15.8. The summed E-state index contributed by atoms with van der Waals surface area (Å²) >= 11 is 0. The van der Waals surface area contributed by atoms with Crippen LogP contribution < -0.4 is 4.57 Å². The zero-order valence-electron chi connectivity index (χ0n) is 17.3. The van der Waals surface area contributed by atoms with Crippen LogP contribution in [0.4, 0.5) is 4.39 Å². The molecule has 2 nitrogen and oxygen atoms in total. The fourth-order valence-corrected chi connectivity index (χ4v) is 5.38. The number of benzene rings is 3. The van der Waals surface area contributed by atoms with Gasteiger partial charge in [-0.3, -0.25) is 0 Å². The predicted octanol–water partition coefficient (Wildman–Crippen LogP) is 5.91. The van der Waals surface area contributed by atoms with Crippen LogP contribution >= 0.6 is 0 Å². The molecule has 4 aromatic rings. The van der Waals surface area contributed by atoms with Gasteiger partial charge in [0.2, 0.25) is 5.69 Å². The minimum atomic E-state index is -0.218. The Labute approximate surface area is 175 Å². The Morgan fingerprint density at radius 3 is 2.60 bits per heavy atom. The van der Waals surface area contributed by atoms with Crippen molar-refractivity contribution in [2.75, 3.05) is 6.61 Å². The minimum Gasteiger partial charge on any atom is -0.396 e. The molecule has 0 saturated carbocycles. The summed E-state index contributed by atoms with van der Waals surface area (Å²) in [6.07, 6.45) is 4.81. The summed E-state index contributed by atoms with van der Waals surface area (Å²) in [5, 5.41) is 14.0. The van der Waals surface area contributed by atoms with Crippen LogP contribution in [0.5, 0.6) is 0 Å². The van der Waals surface area contributed by atoms with Gasteiger partial charge in [-0.25, -0.2) is 4.39 Å². The highest BCUT2D eigenvalue weighted by atomic mass is 19.1. The standard InChI is InChI=1S/C27H25FNO/c1-4-25-23(10-12-30)26-17(3)13-16(2)14-24(26)27-22-7-5-18-15-19(28)6-8-20(18)21(22)9-11-29(25)27/h4-9,11,13-15,23,25,30H,1,10,12H2,2-3H3/q+1. The molecule has 30 heavy (non-hydrogen) atoms. The van der Waals surface area contributed by atoms with E-state index in [4.69, 9.17) is 0 Å². The molecule has 150 valence electrons. The van der Waals surface area contributed by atoms with Gasteiger partial charge in [0.1, 0.15) is 5.82 Å². The summed E-state index contributed by atoms with van der Waals surface area (Å²) in [6.45, 7) is 8.56. The molecule has 0 fully saturated rings. The number of rotatable bonds is 3. The van der Waals surface area contributed by atoms with Crippen molar-refractivity contribution in [1.29, 1.82) is 0 Å². The van der Waals surface area contributed by atoms with E-state index < -0.39 is 0 Å². The predicted molar refractivity (Wildman–Crippen MR) is 120 cm³/mol. The molecule has 0 aliphatic carbocycles. The van der Waals surface area contributed by atoms with Crippen LogP contribution in [0.1, 0.15) is 35.1 Å². The second kappa shape index (κ2) is 7.03. The number of nitrogens with zero attached hydrogens (tertiary/aromatic N) is 1. The van der Waals surface area contributed by atoms with E-state index in [1.807, 2.05) is 18.2 Å². The number of pyridine rings is 1. The van der Waals surface area contributed by atoms with Gasteiger partial charge in [0, 0.05) is 18.1 Å². The van der Waals surface area contributed by atoms with E-state index in [-0.39, 0.29) is 24.4 Å². The van der Waals surface area contributed by atoms with Gasteiger partial charge in [-0.05, 0) is 72.5 Å². The molecule has 3 heteroatoms. The lowest BCUT2D eigenvalue weighted by Crippen LogP contribution is -2.47. The second-order valence-corrected chi connectivity index (χ2v) is 8.35. The van der Waals surface area contributed by atoms with E-state index in [1.165, 1.54) is 34.0 Å². The van der Waals surface area contributed by atoms with E-state index in [9.17, 15) is 9.50 Å². The summed E-state index contributed by atoms with van der Waals surface area (Å²) in [5.41, 5.74) is 6.15. The Bertz CT molecular complexity index is 1320. The molecule has 0 bridgehead atoms. The van der Waals surface area contributed by atoms with Crippen LogP contribution in [-0.2, 0) is 0 Å². The molecule has 2 heterocycles. The highest BCUT2D eigenvalue weighted by Crippen LogP contribution is 2.45. The molecule has 0 radical (unpaired) electrons. The first-order chi connectivity index (χ1) is 14.5. The highest BCUT2D eigenvalue weighted by Gasteiger charge is 2.40. The zero-order chi connectivity index (χ0) is 21.0. The number of aliphatic hydroxyl groups excluding tert-OH is 1. The maximum Gasteiger partial charge on any atom is 0.221 e. The molecule has 2 atom stereocenters. The average molecular weight is 399 g/mol. The topological polar surface area (TPSA) is 24.1 Å². The number of aryl methyl sites for hydroxylation is 2. The van der Waals surface area contributed by atoms with Crippen molar-refractivity contribution in [3.63, 3.8) is 0 Å². The van der Waals surface area contributed by atoms with Crippen LogP contribution in [0.25, 0.3) is 32.8 Å². The first-order valence-corrected chi connectivity index (χ1v) is 10.4. The Morgan fingerprint density at radius 2 is 1.83 bits per heavy atom. The number of aliphatic hydroxyl groups is 1. The number of allylic oxidation sites excluding steroid dienone is 1. The average Bonchev–Trinajstić information content (AvgIpc) is 2.72. The van der Waals surface area contributed by atoms with Gasteiger partial charge in [-0.1, -0.05) is 30.3 Å². The third-order valence-corrected chi connectivity index (χ3v) is 6.51. The lowest BCUT2D eigenvalue weighted by molar-refractivity contribution is -0.706. The summed E-state index contributed by atoms with van der Waals surface area (Å²) in [7, 11) is 0. The summed E-state index contributed by atoms with van der Waals surface area (Å²) < 4.78 is 16.1. The van der Waals surface area contributed by atoms with Crippen LogP contribution in [-0.4, -0.2) is 11.7 Å². The van der Waals surface area contributed by atoms with Crippen LogP contribution in [0.2, 0.25) is 0 Å². The van der Waals surface area contributed by atoms with Gasteiger partial charge in [0.05, 0.1) is 16.9 Å². The maximum absolute atomic E-state index is 13.8. The molecular formula is C27H25FNO+. The van der Waals surface area contributed by atoms with Crippen molar-refractivity contribution in [3.05, 3.63) is 89.9 Å². The quantitative estimate of drug-likeness (QED) is 0.259. The highest BCUT2D eigenvalue weighted by molar-refractivity contribution is 6.10. The molecule has 5 rings (SSSR count). The van der Waals surface area contributed by atoms with Crippen molar-refractivity contribution < 1.29 is 14.1 Å². The van der Waals surface area contributed by atoms with Crippen LogP contribution in [0.3, 0.4) is 0 Å². The van der Waals surface area contributed by atoms with Gasteiger partial charge in [0.15, 0.2) is 12.2 Å². The summed E-state index contributed by atoms with van der Waals surface area (Å²) in [5.74, 6) is -0.0445. The van der Waals surface area contributed by atoms with E-state index in [0.29, 0.717) is 6.42 Å². The molecule has 0 spiro atoms. The normalized spacial score (nSPS) is 17.7. The van der Waals surface area contributed by atoms with Crippen molar-refractivity contribution in [3.8, 4) is 11.3 Å². The van der Waals surface area contributed by atoms with Gasteiger partial charge >= 0.3 is 0 Å². The minimum absolute atomic E-state index is 0.0642. The van der Waals surface area contributed by atoms with E-state index in [1.54, 1.807) is 6.07 Å². The van der Waals surface area contributed by atoms with Crippen molar-refractivity contribution in [2.24, 2.45) is 0 Å². The SMILES string of the molecule is C=CC1C(CCO)c2c(C)cc(C)cc2-c2c3ccc4cc(F)ccc4c3cc[n+]21. The molecule has 1 aliphatic heterocycles. The maximum atomic E-state index is 13.8. The molecule has 0 saturated heterocycles. The van der Waals surface area contributed by atoms with Crippen LogP contribution in [0.15, 0.2) is 67.4 Å². The number of halogens is 1. The monoisotopic (exact) mass is 398 g/mol. The van der Waals surface area contributed by atoms with Gasteiger partial charge < -0.3 is 5.11 Å². The fourth-order valence-electron chi connectivity index (χ4n) is 5.38. The van der Waals surface area contributed by atoms with Crippen LogP contribution in [0, 0.1) is 19.7 Å². The Hall–Kier alpha value is -3.04. The lowest BCUT2D eigenvalue weighted by atomic mass is 9.77. The lowest BCUT2D eigenvalue weighted by Gasteiger charge is -2.31. The van der Waals surface area contributed by atoms with Gasteiger partial charge in [-0.15, -0.1) is 0 Å². The molecule has 3 aromatic carbocycles. The molecule has 1 aliphatic rings. The summed E-state index contributed by atoms with van der Waals surface area (Å²) in [4.78, 5) is 0. The smallest absolute Gasteiger partial charge is 0.221 e. The molecular weight excluding hydrogens is 373 g/mol. The van der Waals surface area contributed by atoms with Gasteiger partial charge in [-0.2, -0.15) is 4.57 Å². The van der Waals surface area contributed by atoms with Gasteiger partial charge in [0.25, 0.3) is 0 Å². The number of hydrogen-bond acceptors (Lipinski definition) is 1. The van der Waals surface area contributed by atoms with Crippen molar-refractivity contribution >= 4 is 21.5 Å². The first kappa shape index (κ1) is 19.0. The Morgan fingerprint density at radius 1 is 1.03 bits per heavy atom. The van der Waals surface area contributed by atoms with E-state index in [2.05, 4.69) is 55.5 Å². The van der Waals surface area contributed by atoms with E-state index >= 15 is 0 Å². The number of hydrogen-bond donors (Lipinski definition) is 1. The third kappa shape index (κ3) is 2.69. The Balaban J connectivity index is 1.92. The Kier molecular flexibility index (Phi) is 4.44. The van der Waals surface area contributed by atoms with E-state index in [0.717, 1.165) is 21.5 Å². The van der Waals surface area contributed by atoms with Crippen molar-refractivity contribution in [1.82, 2.24) is 0 Å². The first-order valence-electron chi connectivity index (χ1n) is 10.4. The molecule has 1 aromatic heterocycles. The zero-order valence-corrected chi connectivity index (χ0v) is 17.3. The molecule has 1 N–H and O–H groups in total. The number of fused-ring (bicyclic) bond motifs is 7. The van der Waals surface area contributed by atoms with Crippen molar-refractivity contribution in [2.45, 2.75) is 32.2 Å². The fraction of sp³-hybridized carbons (Fsp3) is 0.222. The molecule has 2 unspecified atom stereocenters. The third-order valence-electron chi connectivity index (χ3n) is 6.51. The molecule has 0 amide bonds.